The first-order chi connectivity index (χ1) is 8.20. The van der Waals surface area contributed by atoms with Crippen molar-refractivity contribution in [1.82, 2.24) is 5.32 Å². The van der Waals surface area contributed by atoms with Gasteiger partial charge < -0.3 is 15.2 Å². The SMILES string of the molecule is COc1ccc(C)cc1CC1CNCCC1O. The predicted octanol–water partition coefficient (Wildman–Crippen LogP) is 1.52. The van der Waals surface area contributed by atoms with Gasteiger partial charge >= 0.3 is 0 Å². The second-order valence-electron chi connectivity index (χ2n) is 4.84. The van der Waals surface area contributed by atoms with E-state index in [1.54, 1.807) is 7.11 Å². The van der Waals surface area contributed by atoms with Gasteiger partial charge in [0.1, 0.15) is 5.75 Å². The van der Waals surface area contributed by atoms with Gasteiger partial charge in [0.15, 0.2) is 0 Å². The number of ether oxygens (including phenoxy) is 1. The number of nitrogens with one attached hydrogen (secondary N) is 1. The number of aliphatic hydroxyl groups excluding tert-OH is 1. The molecule has 1 saturated heterocycles. The molecule has 1 aromatic rings. The van der Waals surface area contributed by atoms with E-state index in [1.807, 2.05) is 6.07 Å². The Bertz CT molecular complexity index is 378. The molecule has 1 fully saturated rings. The molecule has 3 nitrogen and oxygen atoms in total. The molecule has 0 radical (unpaired) electrons. The van der Waals surface area contributed by atoms with Crippen molar-refractivity contribution in [1.29, 1.82) is 0 Å². The molecule has 2 N–H and O–H groups in total. The highest BCUT2D eigenvalue weighted by Crippen LogP contribution is 2.25. The topological polar surface area (TPSA) is 41.5 Å². The molecule has 1 heterocycles. The standard InChI is InChI=1S/C14H21NO2/c1-10-3-4-14(17-2)11(7-10)8-12-9-15-6-5-13(12)16/h3-4,7,12-13,15-16H,5-6,8-9H2,1-2H3. The maximum atomic E-state index is 9.98. The van der Waals surface area contributed by atoms with Crippen LogP contribution in [-0.4, -0.2) is 31.4 Å². The van der Waals surface area contributed by atoms with E-state index in [-0.39, 0.29) is 6.10 Å². The number of hydrogen-bond donors (Lipinski definition) is 2. The van der Waals surface area contributed by atoms with Crippen molar-refractivity contribution in [3.8, 4) is 5.75 Å². The maximum absolute atomic E-state index is 9.98. The van der Waals surface area contributed by atoms with Crippen LogP contribution in [0.3, 0.4) is 0 Å². The lowest BCUT2D eigenvalue weighted by Crippen LogP contribution is -2.40. The zero-order valence-corrected chi connectivity index (χ0v) is 10.6. The van der Waals surface area contributed by atoms with Crippen molar-refractivity contribution in [2.45, 2.75) is 25.9 Å². The summed E-state index contributed by atoms with van der Waals surface area (Å²) in [5.74, 6) is 1.22. The number of rotatable bonds is 3. The van der Waals surface area contributed by atoms with Crippen LogP contribution in [0.1, 0.15) is 17.5 Å². The van der Waals surface area contributed by atoms with E-state index in [1.165, 1.54) is 11.1 Å². The molecule has 0 saturated carbocycles. The minimum absolute atomic E-state index is 0.193. The highest BCUT2D eigenvalue weighted by Gasteiger charge is 2.23. The summed E-state index contributed by atoms with van der Waals surface area (Å²) in [6.07, 6.45) is 1.53. The number of piperidine rings is 1. The summed E-state index contributed by atoms with van der Waals surface area (Å²) in [6, 6.07) is 6.21. The zero-order valence-electron chi connectivity index (χ0n) is 10.6. The molecule has 17 heavy (non-hydrogen) atoms. The van der Waals surface area contributed by atoms with Crippen LogP contribution in [0.5, 0.6) is 5.75 Å². The zero-order chi connectivity index (χ0) is 12.3. The molecule has 0 aromatic heterocycles. The summed E-state index contributed by atoms with van der Waals surface area (Å²) in [7, 11) is 1.70. The fraction of sp³-hybridized carbons (Fsp3) is 0.571. The van der Waals surface area contributed by atoms with Gasteiger partial charge in [0.25, 0.3) is 0 Å². The third-order valence-electron chi connectivity index (χ3n) is 3.49. The highest BCUT2D eigenvalue weighted by atomic mass is 16.5. The van der Waals surface area contributed by atoms with Crippen LogP contribution in [0.25, 0.3) is 0 Å². The summed E-state index contributed by atoms with van der Waals surface area (Å²) in [5, 5.41) is 13.3. The van der Waals surface area contributed by atoms with Gasteiger partial charge in [-0.25, -0.2) is 0 Å². The van der Waals surface area contributed by atoms with Gasteiger partial charge in [-0.05, 0) is 37.9 Å². The Hall–Kier alpha value is -1.06. The Morgan fingerprint density at radius 3 is 3.00 bits per heavy atom. The van der Waals surface area contributed by atoms with Crippen LogP contribution in [0.2, 0.25) is 0 Å². The van der Waals surface area contributed by atoms with E-state index in [2.05, 4.69) is 24.4 Å². The van der Waals surface area contributed by atoms with Crippen LogP contribution < -0.4 is 10.1 Å². The summed E-state index contributed by atoms with van der Waals surface area (Å²) in [4.78, 5) is 0. The Balaban J connectivity index is 2.13. The van der Waals surface area contributed by atoms with Gasteiger partial charge in [-0.1, -0.05) is 17.7 Å². The maximum Gasteiger partial charge on any atom is 0.122 e. The second-order valence-corrected chi connectivity index (χ2v) is 4.84. The molecule has 2 unspecified atom stereocenters. The minimum Gasteiger partial charge on any atom is -0.496 e. The lowest BCUT2D eigenvalue weighted by atomic mass is 9.89. The van der Waals surface area contributed by atoms with E-state index in [9.17, 15) is 5.11 Å². The normalized spacial score (nSPS) is 24.6. The van der Waals surface area contributed by atoms with Gasteiger partial charge in [0, 0.05) is 12.5 Å². The van der Waals surface area contributed by atoms with Crippen molar-refractivity contribution in [2.75, 3.05) is 20.2 Å². The average molecular weight is 235 g/mol. The molecule has 0 amide bonds. The van der Waals surface area contributed by atoms with E-state index in [0.717, 1.165) is 31.7 Å². The predicted molar refractivity (Wildman–Crippen MR) is 68.4 cm³/mol. The Kier molecular flexibility index (Phi) is 4.02. The molecule has 3 heteroatoms. The monoisotopic (exact) mass is 235 g/mol. The van der Waals surface area contributed by atoms with Gasteiger partial charge in [-0.3, -0.25) is 0 Å². The van der Waals surface area contributed by atoms with Gasteiger partial charge in [-0.15, -0.1) is 0 Å². The molecule has 0 aliphatic carbocycles. The molecular formula is C14H21NO2. The molecule has 94 valence electrons. The minimum atomic E-state index is -0.193. The van der Waals surface area contributed by atoms with Crippen molar-refractivity contribution in [2.24, 2.45) is 5.92 Å². The first kappa shape index (κ1) is 12.4. The lowest BCUT2D eigenvalue weighted by Gasteiger charge is -2.29. The molecule has 1 aromatic carbocycles. The summed E-state index contributed by atoms with van der Waals surface area (Å²) in [5.41, 5.74) is 2.43. The van der Waals surface area contributed by atoms with Crippen LogP contribution in [-0.2, 0) is 6.42 Å². The summed E-state index contributed by atoms with van der Waals surface area (Å²) < 4.78 is 5.38. The average Bonchev–Trinajstić information content (AvgIpc) is 2.32. The van der Waals surface area contributed by atoms with Gasteiger partial charge in [-0.2, -0.15) is 0 Å². The van der Waals surface area contributed by atoms with Crippen molar-refractivity contribution in [3.63, 3.8) is 0 Å². The molecule has 2 atom stereocenters. The smallest absolute Gasteiger partial charge is 0.122 e. The molecule has 2 rings (SSSR count). The van der Waals surface area contributed by atoms with Crippen LogP contribution in [0.4, 0.5) is 0 Å². The fourth-order valence-corrected chi connectivity index (χ4v) is 2.47. The van der Waals surface area contributed by atoms with E-state index in [0.29, 0.717) is 5.92 Å². The number of aliphatic hydroxyl groups is 1. The molecule has 0 spiro atoms. The van der Waals surface area contributed by atoms with Crippen LogP contribution >= 0.6 is 0 Å². The van der Waals surface area contributed by atoms with Crippen LogP contribution in [0.15, 0.2) is 18.2 Å². The summed E-state index contributed by atoms with van der Waals surface area (Å²) >= 11 is 0. The third-order valence-corrected chi connectivity index (χ3v) is 3.49. The number of benzene rings is 1. The molecule has 1 aliphatic rings. The number of methoxy groups -OCH3 is 1. The van der Waals surface area contributed by atoms with Crippen molar-refractivity contribution >= 4 is 0 Å². The quantitative estimate of drug-likeness (QED) is 0.834. The largest absolute Gasteiger partial charge is 0.496 e. The van der Waals surface area contributed by atoms with Gasteiger partial charge in [0.05, 0.1) is 13.2 Å². The summed E-state index contributed by atoms with van der Waals surface area (Å²) in [6.45, 7) is 3.89. The molecule has 0 bridgehead atoms. The Morgan fingerprint density at radius 1 is 1.47 bits per heavy atom. The Labute approximate surface area is 103 Å². The second kappa shape index (κ2) is 5.52. The first-order valence-corrected chi connectivity index (χ1v) is 6.23. The van der Waals surface area contributed by atoms with E-state index < -0.39 is 0 Å². The highest BCUT2D eigenvalue weighted by molar-refractivity contribution is 5.37. The number of aryl methyl sites for hydroxylation is 1. The molecule has 1 aliphatic heterocycles. The first-order valence-electron chi connectivity index (χ1n) is 6.23. The van der Waals surface area contributed by atoms with E-state index >= 15 is 0 Å². The van der Waals surface area contributed by atoms with Gasteiger partial charge in [0.2, 0.25) is 0 Å². The fourth-order valence-electron chi connectivity index (χ4n) is 2.47. The molecular weight excluding hydrogens is 214 g/mol. The number of hydrogen-bond acceptors (Lipinski definition) is 3. The lowest BCUT2D eigenvalue weighted by molar-refractivity contribution is 0.0788. The van der Waals surface area contributed by atoms with Crippen molar-refractivity contribution in [3.05, 3.63) is 29.3 Å². The van der Waals surface area contributed by atoms with E-state index in [4.69, 9.17) is 4.74 Å². The third kappa shape index (κ3) is 2.99. The Morgan fingerprint density at radius 2 is 2.29 bits per heavy atom. The van der Waals surface area contributed by atoms with Crippen LogP contribution in [0, 0.1) is 12.8 Å². The van der Waals surface area contributed by atoms with Crippen molar-refractivity contribution < 1.29 is 9.84 Å².